The van der Waals surface area contributed by atoms with E-state index >= 15 is 0 Å². The Morgan fingerprint density at radius 2 is 2.40 bits per heavy atom. The number of nitrogens with zero attached hydrogens (tertiary/aromatic N) is 1. The van der Waals surface area contributed by atoms with Gasteiger partial charge in [0, 0.05) is 37.5 Å². The van der Waals surface area contributed by atoms with Crippen LogP contribution in [0.25, 0.3) is 0 Å². The SMILES string of the molecule is C#CCSCCN1CCNC(C)(CC)C1. The van der Waals surface area contributed by atoms with E-state index in [0.717, 1.165) is 18.1 Å². The van der Waals surface area contributed by atoms with Crippen molar-refractivity contribution in [2.24, 2.45) is 0 Å². The van der Waals surface area contributed by atoms with Crippen molar-refractivity contribution in [2.75, 3.05) is 37.7 Å². The van der Waals surface area contributed by atoms with Crippen molar-refractivity contribution in [1.29, 1.82) is 0 Å². The summed E-state index contributed by atoms with van der Waals surface area (Å²) in [5, 5.41) is 3.60. The molecular formula is C12H22N2S. The summed E-state index contributed by atoms with van der Waals surface area (Å²) in [4.78, 5) is 2.55. The van der Waals surface area contributed by atoms with E-state index in [-0.39, 0.29) is 0 Å². The third kappa shape index (κ3) is 4.46. The third-order valence-electron chi connectivity index (χ3n) is 3.07. The molecular weight excluding hydrogens is 204 g/mol. The average molecular weight is 226 g/mol. The van der Waals surface area contributed by atoms with E-state index in [4.69, 9.17) is 6.42 Å². The predicted octanol–water partition coefficient (Wildman–Crippen LogP) is 1.43. The molecule has 1 aliphatic heterocycles. The normalized spacial score (nSPS) is 27.5. The summed E-state index contributed by atoms with van der Waals surface area (Å²) >= 11 is 1.86. The van der Waals surface area contributed by atoms with Crippen molar-refractivity contribution in [1.82, 2.24) is 10.2 Å². The maximum atomic E-state index is 5.22. The number of thioether (sulfide) groups is 1. The Bertz CT molecular complexity index is 224. The van der Waals surface area contributed by atoms with Crippen molar-refractivity contribution in [3.05, 3.63) is 0 Å². The number of rotatable bonds is 5. The number of hydrogen-bond acceptors (Lipinski definition) is 3. The quantitative estimate of drug-likeness (QED) is 0.564. The summed E-state index contributed by atoms with van der Waals surface area (Å²) in [6.07, 6.45) is 6.41. The van der Waals surface area contributed by atoms with Crippen LogP contribution in [0.4, 0.5) is 0 Å². The topological polar surface area (TPSA) is 15.3 Å². The summed E-state index contributed by atoms with van der Waals surface area (Å²) in [5.41, 5.74) is 0.315. The second-order valence-corrected chi connectivity index (χ2v) is 5.48. The van der Waals surface area contributed by atoms with Gasteiger partial charge in [0.2, 0.25) is 0 Å². The lowest BCUT2D eigenvalue weighted by atomic mass is 9.96. The van der Waals surface area contributed by atoms with Crippen LogP contribution in [0, 0.1) is 12.3 Å². The maximum Gasteiger partial charge on any atom is 0.0545 e. The van der Waals surface area contributed by atoms with E-state index in [0.29, 0.717) is 5.54 Å². The summed E-state index contributed by atoms with van der Waals surface area (Å²) in [6.45, 7) is 9.19. The minimum Gasteiger partial charge on any atom is -0.309 e. The van der Waals surface area contributed by atoms with Crippen LogP contribution in [0.3, 0.4) is 0 Å². The van der Waals surface area contributed by atoms with E-state index < -0.39 is 0 Å². The van der Waals surface area contributed by atoms with Crippen molar-refractivity contribution in [3.8, 4) is 12.3 Å². The van der Waals surface area contributed by atoms with E-state index in [1.54, 1.807) is 0 Å². The molecule has 1 unspecified atom stereocenters. The second kappa shape index (κ2) is 6.42. The van der Waals surface area contributed by atoms with Gasteiger partial charge in [-0.1, -0.05) is 12.8 Å². The molecule has 1 rings (SSSR count). The van der Waals surface area contributed by atoms with E-state index in [1.165, 1.54) is 26.1 Å². The fourth-order valence-electron chi connectivity index (χ4n) is 1.90. The molecule has 1 fully saturated rings. The zero-order valence-corrected chi connectivity index (χ0v) is 10.7. The van der Waals surface area contributed by atoms with Crippen LogP contribution in [0.5, 0.6) is 0 Å². The van der Waals surface area contributed by atoms with Crippen LogP contribution in [0.2, 0.25) is 0 Å². The summed E-state index contributed by atoms with van der Waals surface area (Å²) < 4.78 is 0. The molecule has 1 saturated heterocycles. The number of hydrogen-bond donors (Lipinski definition) is 1. The fraction of sp³-hybridized carbons (Fsp3) is 0.833. The molecule has 0 saturated carbocycles. The van der Waals surface area contributed by atoms with Gasteiger partial charge in [-0.2, -0.15) is 0 Å². The van der Waals surface area contributed by atoms with Gasteiger partial charge < -0.3 is 5.32 Å². The predicted molar refractivity (Wildman–Crippen MR) is 69.3 cm³/mol. The van der Waals surface area contributed by atoms with Crippen molar-refractivity contribution in [3.63, 3.8) is 0 Å². The molecule has 86 valence electrons. The maximum absolute atomic E-state index is 5.22. The van der Waals surface area contributed by atoms with Crippen molar-refractivity contribution >= 4 is 11.8 Å². The molecule has 0 aromatic heterocycles. The second-order valence-electron chi connectivity index (χ2n) is 4.37. The molecule has 0 bridgehead atoms. The minimum absolute atomic E-state index is 0.315. The molecule has 0 amide bonds. The van der Waals surface area contributed by atoms with E-state index in [9.17, 15) is 0 Å². The lowest BCUT2D eigenvalue weighted by Gasteiger charge is -2.41. The molecule has 3 heteroatoms. The number of terminal acetylenes is 1. The highest BCUT2D eigenvalue weighted by atomic mass is 32.2. The zero-order valence-electron chi connectivity index (χ0n) is 9.88. The molecule has 0 aromatic carbocycles. The van der Waals surface area contributed by atoms with Crippen LogP contribution < -0.4 is 5.32 Å². The lowest BCUT2D eigenvalue weighted by molar-refractivity contribution is 0.147. The Balaban J connectivity index is 2.22. The van der Waals surface area contributed by atoms with Crippen LogP contribution in [0.15, 0.2) is 0 Å². The van der Waals surface area contributed by atoms with Gasteiger partial charge in [-0.05, 0) is 13.3 Å². The Morgan fingerprint density at radius 3 is 3.07 bits per heavy atom. The smallest absolute Gasteiger partial charge is 0.0545 e. The highest BCUT2D eigenvalue weighted by Crippen LogP contribution is 2.15. The number of nitrogens with one attached hydrogen (secondary N) is 1. The van der Waals surface area contributed by atoms with Crippen LogP contribution in [-0.2, 0) is 0 Å². The van der Waals surface area contributed by atoms with Gasteiger partial charge in [0.05, 0.1) is 5.75 Å². The lowest BCUT2D eigenvalue weighted by Crippen LogP contribution is -2.58. The number of piperazine rings is 1. The largest absolute Gasteiger partial charge is 0.309 e. The third-order valence-corrected chi connectivity index (χ3v) is 3.91. The van der Waals surface area contributed by atoms with Crippen LogP contribution >= 0.6 is 11.8 Å². The first-order valence-corrected chi connectivity index (χ1v) is 6.84. The Kier molecular flexibility index (Phi) is 5.52. The molecule has 2 nitrogen and oxygen atoms in total. The highest BCUT2D eigenvalue weighted by molar-refractivity contribution is 7.99. The molecule has 1 heterocycles. The van der Waals surface area contributed by atoms with Gasteiger partial charge in [0.1, 0.15) is 0 Å². The van der Waals surface area contributed by atoms with E-state index in [1.807, 2.05) is 11.8 Å². The first-order chi connectivity index (χ1) is 7.20. The average Bonchev–Trinajstić information content (AvgIpc) is 2.25. The molecule has 15 heavy (non-hydrogen) atoms. The van der Waals surface area contributed by atoms with Crippen molar-refractivity contribution < 1.29 is 0 Å². The fourth-order valence-corrected chi connectivity index (χ4v) is 2.55. The van der Waals surface area contributed by atoms with Gasteiger partial charge in [-0.25, -0.2) is 0 Å². The molecule has 0 aromatic rings. The van der Waals surface area contributed by atoms with Gasteiger partial charge in [-0.15, -0.1) is 18.2 Å². The van der Waals surface area contributed by atoms with Crippen molar-refractivity contribution in [2.45, 2.75) is 25.8 Å². The van der Waals surface area contributed by atoms with Crippen LogP contribution in [0.1, 0.15) is 20.3 Å². The van der Waals surface area contributed by atoms with Gasteiger partial charge >= 0.3 is 0 Å². The summed E-state index contributed by atoms with van der Waals surface area (Å²) in [7, 11) is 0. The van der Waals surface area contributed by atoms with Gasteiger partial charge in [0.25, 0.3) is 0 Å². The summed E-state index contributed by atoms with van der Waals surface area (Å²) in [5.74, 6) is 4.67. The standard InChI is InChI=1S/C12H22N2S/c1-4-9-15-10-8-14-7-6-13-12(3,5-2)11-14/h1,13H,5-11H2,2-3H3. The Hall–Kier alpha value is -0.170. The van der Waals surface area contributed by atoms with E-state index in [2.05, 4.69) is 30.0 Å². The molecule has 0 aliphatic carbocycles. The first-order valence-electron chi connectivity index (χ1n) is 5.69. The Labute approximate surface area is 98.2 Å². The zero-order chi connectivity index (χ0) is 11.1. The molecule has 0 spiro atoms. The molecule has 0 radical (unpaired) electrons. The highest BCUT2D eigenvalue weighted by Gasteiger charge is 2.27. The molecule has 1 atom stereocenters. The molecule has 1 N–H and O–H groups in total. The minimum atomic E-state index is 0.315. The monoisotopic (exact) mass is 226 g/mol. The van der Waals surface area contributed by atoms with Gasteiger partial charge in [0.15, 0.2) is 0 Å². The Morgan fingerprint density at radius 1 is 1.60 bits per heavy atom. The van der Waals surface area contributed by atoms with Gasteiger partial charge in [-0.3, -0.25) is 4.90 Å². The molecule has 1 aliphatic rings. The van der Waals surface area contributed by atoms with Crippen LogP contribution in [-0.4, -0.2) is 48.1 Å². The summed E-state index contributed by atoms with van der Waals surface area (Å²) in [6, 6.07) is 0. The first kappa shape index (κ1) is 12.9.